The van der Waals surface area contributed by atoms with E-state index >= 15 is 0 Å². The van der Waals surface area contributed by atoms with Crippen molar-refractivity contribution in [2.75, 3.05) is 0 Å². The molecule has 0 aliphatic heterocycles. The summed E-state index contributed by atoms with van der Waals surface area (Å²) >= 11 is 0. The van der Waals surface area contributed by atoms with Gasteiger partial charge in [0.05, 0.1) is 0 Å². The van der Waals surface area contributed by atoms with Crippen molar-refractivity contribution in [1.29, 1.82) is 0 Å². The van der Waals surface area contributed by atoms with E-state index in [4.69, 9.17) is 11.0 Å². The predicted molar refractivity (Wildman–Crippen MR) is 59.4 cm³/mol. The van der Waals surface area contributed by atoms with Crippen molar-refractivity contribution in [2.45, 2.75) is 26.1 Å². The lowest BCUT2D eigenvalue weighted by Gasteiger charge is -2.15. The molecule has 0 aromatic carbocycles. The van der Waals surface area contributed by atoms with E-state index in [0.29, 0.717) is 5.78 Å². The quantitative estimate of drug-likeness (QED) is 0.460. The number of amides is 1. The Morgan fingerprint density at radius 1 is 1.39 bits per heavy atom. The maximum absolute atomic E-state index is 12.0. The highest BCUT2D eigenvalue weighted by Gasteiger charge is 2.38. The number of rotatable bonds is 2. The Kier molecular flexibility index (Phi) is 4.11. The normalized spacial score (nSPS) is 18.2. The zero-order valence-electron chi connectivity index (χ0n) is 9.84. The second kappa shape index (κ2) is 5.20. The third kappa shape index (κ3) is 3.87. The first-order valence-electron chi connectivity index (χ1n) is 5.14. The van der Waals surface area contributed by atoms with E-state index < -0.39 is 12.1 Å². The summed E-state index contributed by atoms with van der Waals surface area (Å²) < 4.78 is 41.4. The molecule has 0 unspecified atom stereocenters. The minimum Gasteiger partial charge on any atom is -0.329 e. The molecule has 0 saturated heterocycles. The molecule has 0 aromatic rings. The van der Waals surface area contributed by atoms with Gasteiger partial charge < -0.3 is 9.74 Å². The second-order valence-corrected chi connectivity index (χ2v) is 3.87. The molecule has 0 fully saturated rings. The number of halogens is 3. The van der Waals surface area contributed by atoms with E-state index in [2.05, 4.69) is 0 Å². The van der Waals surface area contributed by atoms with Crippen molar-refractivity contribution in [3.8, 4) is 0 Å². The van der Waals surface area contributed by atoms with Crippen LogP contribution >= 0.6 is 0 Å². The van der Waals surface area contributed by atoms with Gasteiger partial charge in [0, 0.05) is 13.8 Å². The molecule has 6 heteroatoms. The Bertz CT molecular complexity index is 456. The molecular formula is C12H12F3NO2. The minimum atomic E-state index is -4.93. The first-order chi connectivity index (χ1) is 8.20. The van der Waals surface area contributed by atoms with Gasteiger partial charge in [-0.2, -0.15) is 13.2 Å². The smallest absolute Gasteiger partial charge is 0.329 e. The molecule has 1 rings (SSSR count). The maximum Gasteiger partial charge on any atom is 0.471 e. The van der Waals surface area contributed by atoms with Crippen molar-refractivity contribution >= 4 is 11.7 Å². The minimum absolute atomic E-state index is 0.0362. The Labute approximate surface area is 102 Å². The number of carbonyl (C=O) groups is 1. The number of allylic oxidation sites excluding steroid dienone is 4. The lowest BCUT2D eigenvalue weighted by atomic mass is 10.1. The van der Waals surface area contributed by atoms with Gasteiger partial charge in [-0.3, -0.25) is 4.79 Å². The topological polar surface area (TPSA) is 40.4 Å². The van der Waals surface area contributed by atoms with Crippen LogP contribution in [0.1, 0.15) is 13.8 Å². The maximum atomic E-state index is 12.0. The van der Waals surface area contributed by atoms with Gasteiger partial charge in [-0.25, -0.2) is 6.58 Å². The molecular weight excluding hydrogens is 247 g/mol. The number of carbonyl (C=O) groups excluding carboxylic acids is 2. The van der Waals surface area contributed by atoms with E-state index in [9.17, 15) is 18.0 Å². The average molecular weight is 259 g/mol. The Morgan fingerprint density at radius 3 is 2.44 bits per heavy atom. The Hall–Kier alpha value is -1.85. The van der Waals surface area contributed by atoms with Gasteiger partial charge >= 0.3 is 12.1 Å². The Balaban J connectivity index is 2.78. The van der Waals surface area contributed by atoms with E-state index in [1.165, 1.54) is 18.2 Å². The molecule has 0 bridgehead atoms. The van der Waals surface area contributed by atoms with Crippen LogP contribution in [0.3, 0.4) is 0 Å². The largest absolute Gasteiger partial charge is 0.471 e. The molecule has 1 N–H and O–H groups in total. The van der Waals surface area contributed by atoms with Crippen LogP contribution in [0.25, 0.3) is 0 Å². The molecule has 3 nitrogen and oxygen atoms in total. The molecule has 1 aliphatic carbocycles. The molecule has 0 atom stereocenters. The number of alkyl halides is 3. The molecule has 18 heavy (non-hydrogen) atoms. The fraction of sp³-hybridized carbons (Fsp3) is 0.333. The lowest BCUT2D eigenvalue weighted by molar-refractivity contribution is -0.492. The van der Waals surface area contributed by atoms with E-state index in [-0.39, 0.29) is 17.4 Å². The summed E-state index contributed by atoms with van der Waals surface area (Å²) in [4.78, 5) is 10.7. The Morgan fingerprint density at radius 2 is 2.00 bits per heavy atom. The molecule has 0 radical (unpaired) electrons. The van der Waals surface area contributed by atoms with Gasteiger partial charge in [0.2, 0.25) is 5.78 Å². The van der Waals surface area contributed by atoms with Crippen molar-refractivity contribution < 1.29 is 22.4 Å². The first kappa shape index (κ1) is 14.2. The second-order valence-electron chi connectivity index (χ2n) is 3.87. The highest BCUT2D eigenvalue weighted by Crippen LogP contribution is 2.17. The van der Waals surface area contributed by atoms with E-state index in [1.807, 2.05) is 0 Å². The van der Waals surface area contributed by atoms with Crippen LogP contribution in [-0.2, 0) is 9.22 Å². The van der Waals surface area contributed by atoms with Crippen LogP contribution in [0.4, 0.5) is 13.2 Å². The van der Waals surface area contributed by atoms with Crippen LogP contribution in [-0.4, -0.2) is 24.0 Å². The number of ketones is 1. The van der Waals surface area contributed by atoms with Crippen molar-refractivity contribution in [3.63, 3.8) is 0 Å². The molecule has 98 valence electrons. The fourth-order valence-electron chi connectivity index (χ4n) is 1.19. The summed E-state index contributed by atoms with van der Waals surface area (Å²) in [5.41, 5.74) is 0.120. The summed E-state index contributed by atoms with van der Waals surface area (Å²) in [7, 11) is 0. The zero-order chi connectivity index (χ0) is 13.9. The molecule has 1 aliphatic rings. The summed E-state index contributed by atoms with van der Waals surface area (Å²) in [5, 5.41) is 1.70. The van der Waals surface area contributed by atoms with Crippen LogP contribution in [0.15, 0.2) is 29.5 Å². The standard InChI is InChI=1S/C12H12F3NO2/c1-7(2)18-10-5-4-9(6-8(10)3)16-11(17)12(13,14)15/h3-7H,1-2H3,(H,16,17). The average Bonchev–Trinajstić information content (AvgIpc) is 2.20. The zero-order valence-corrected chi connectivity index (χ0v) is 9.84. The highest BCUT2D eigenvalue weighted by molar-refractivity contribution is 6.07. The van der Waals surface area contributed by atoms with Crippen LogP contribution in [0, 0.1) is 6.58 Å². The van der Waals surface area contributed by atoms with Gasteiger partial charge in [-0.1, -0.05) is 11.6 Å². The first-order valence-corrected chi connectivity index (χ1v) is 5.14. The number of hydrogen-bond acceptors (Lipinski definition) is 1. The molecule has 1 amide bonds. The van der Waals surface area contributed by atoms with E-state index in [1.54, 1.807) is 19.2 Å². The summed E-state index contributed by atoms with van der Waals surface area (Å²) in [6, 6.07) is 0. The van der Waals surface area contributed by atoms with Crippen LogP contribution in [0.2, 0.25) is 0 Å². The molecule has 0 aromatic heterocycles. The monoisotopic (exact) mass is 259 g/mol. The van der Waals surface area contributed by atoms with Gasteiger partial charge in [0.1, 0.15) is 0 Å². The van der Waals surface area contributed by atoms with Gasteiger partial charge in [0.15, 0.2) is 0 Å². The lowest BCUT2D eigenvalue weighted by Crippen LogP contribution is -2.36. The van der Waals surface area contributed by atoms with Crippen molar-refractivity contribution in [2.24, 2.45) is 0 Å². The van der Waals surface area contributed by atoms with Crippen molar-refractivity contribution in [3.05, 3.63) is 36.1 Å². The summed E-state index contributed by atoms with van der Waals surface area (Å²) in [5.74, 6) is -1.69. The van der Waals surface area contributed by atoms with Crippen molar-refractivity contribution in [1.82, 2.24) is 5.32 Å². The summed E-state index contributed by atoms with van der Waals surface area (Å²) in [6.07, 6.45) is -1.13. The van der Waals surface area contributed by atoms with Crippen LogP contribution < -0.4 is 5.32 Å². The van der Waals surface area contributed by atoms with Gasteiger partial charge in [0.25, 0.3) is 6.10 Å². The molecule has 0 saturated carbocycles. The fourth-order valence-corrected chi connectivity index (χ4v) is 1.19. The molecule has 0 heterocycles. The third-order valence-electron chi connectivity index (χ3n) is 1.89. The third-order valence-corrected chi connectivity index (χ3v) is 1.89. The number of hydrogen-bond donors (Lipinski definition) is 1. The summed E-state index contributed by atoms with van der Waals surface area (Å²) in [6.45, 7) is 9.18. The van der Waals surface area contributed by atoms with Gasteiger partial charge in [-0.15, -0.1) is 6.08 Å². The predicted octanol–water partition coefficient (Wildman–Crippen LogP) is 1.99. The van der Waals surface area contributed by atoms with Crippen LogP contribution in [0.5, 0.6) is 0 Å². The van der Waals surface area contributed by atoms with E-state index in [0.717, 1.165) is 0 Å². The highest BCUT2D eigenvalue weighted by atomic mass is 19.4. The SMILES string of the molecule is [CH-]=C1C=C(NC(=O)C(F)(F)F)C=CC1=[O+]C(C)C. The van der Waals surface area contributed by atoms with Gasteiger partial charge in [-0.05, 0) is 11.8 Å². The molecule has 0 spiro atoms. The number of nitrogens with one attached hydrogen (secondary N) is 1.